The second-order valence-electron chi connectivity index (χ2n) is 6.81. The second-order valence-corrected chi connectivity index (χ2v) is 7.75. The van der Waals surface area contributed by atoms with Gasteiger partial charge in [0.2, 0.25) is 0 Å². The lowest BCUT2D eigenvalue weighted by Gasteiger charge is -2.11. The van der Waals surface area contributed by atoms with E-state index in [0.717, 1.165) is 16.7 Å². The number of rotatable bonds is 7. The molecular formula is C24H21N3OS. The number of hydrogen-bond acceptors (Lipinski definition) is 4. The van der Waals surface area contributed by atoms with E-state index in [2.05, 4.69) is 58.1 Å². The molecule has 144 valence electrons. The summed E-state index contributed by atoms with van der Waals surface area (Å²) in [6.45, 7) is 2.06. The highest BCUT2D eigenvalue weighted by Gasteiger charge is 2.16. The Balaban J connectivity index is 1.62. The van der Waals surface area contributed by atoms with E-state index >= 15 is 0 Å². The number of thioether (sulfide) groups is 1. The molecule has 4 rings (SSSR count). The highest BCUT2D eigenvalue weighted by molar-refractivity contribution is 7.99. The standard InChI is InChI=1S/C24H21N3OS/c1-18-12-14-21(15-13-18)27-23(16-19-8-4-2-5-9-19)25-26-24(27)29-17-22(28)20-10-6-3-7-11-20/h2-15H,16-17H2,1H3. The molecule has 0 spiro atoms. The van der Waals surface area contributed by atoms with Gasteiger partial charge < -0.3 is 0 Å². The monoisotopic (exact) mass is 399 g/mol. The van der Waals surface area contributed by atoms with Crippen LogP contribution < -0.4 is 0 Å². The summed E-state index contributed by atoms with van der Waals surface area (Å²) in [7, 11) is 0. The largest absolute Gasteiger partial charge is 0.293 e. The highest BCUT2D eigenvalue weighted by Crippen LogP contribution is 2.24. The van der Waals surface area contributed by atoms with Crippen molar-refractivity contribution in [2.24, 2.45) is 0 Å². The number of hydrogen-bond donors (Lipinski definition) is 0. The molecule has 4 nitrogen and oxygen atoms in total. The lowest BCUT2D eigenvalue weighted by Crippen LogP contribution is -2.06. The van der Waals surface area contributed by atoms with Gasteiger partial charge in [0.1, 0.15) is 5.82 Å². The predicted molar refractivity (Wildman–Crippen MR) is 117 cm³/mol. The number of nitrogens with zero attached hydrogens (tertiary/aromatic N) is 3. The summed E-state index contributed by atoms with van der Waals surface area (Å²) < 4.78 is 2.05. The zero-order valence-corrected chi connectivity index (χ0v) is 17.0. The predicted octanol–water partition coefficient (Wildman–Crippen LogP) is 5.14. The quantitative estimate of drug-likeness (QED) is 0.319. The van der Waals surface area contributed by atoms with Gasteiger partial charge in [0, 0.05) is 17.7 Å². The van der Waals surface area contributed by atoms with E-state index in [1.165, 1.54) is 22.9 Å². The molecule has 1 aromatic heterocycles. The van der Waals surface area contributed by atoms with Gasteiger partial charge in [-0.2, -0.15) is 0 Å². The first-order valence-corrected chi connectivity index (χ1v) is 10.5. The number of carbonyl (C=O) groups is 1. The molecule has 0 aliphatic carbocycles. The van der Waals surface area contributed by atoms with E-state index in [1.807, 2.05) is 48.5 Å². The highest BCUT2D eigenvalue weighted by atomic mass is 32.2. The SMILES string of the molecule is Cc1ccc(-n2c(Cc3ccccc3)nnc2SCC(=O)c2ccccc2)cc1. The summed E-state index contributed by atoms with van der Waals surface area (Å²) in [5, 5.41) is 9.57. The Labute approximate surface area is 174 Å². The molecule has 0 atom stereocenters. The first-order chi connectivity index (χ1) is 14.2. The van der Waals surface area contributed by atoms with Crippen LogP contribution >= 0.6 is 11.8 Å². The van der Waals surface area contributed by atoms with Gasteiger partial charge in [-0.3, -0.25) is 9.36 Å². The first-order valence-electron chi connectivity index (χ1n) is 9.47. The zero-order chi connectivity index (χ0) is 20.1. The van der Waals surface area contributed by atoms with Gasteiger partial charge in [-0.1, -0.05) is 90.1 Å². The van der Waals surface area contributed by atoms with Crippen LogP contribution in [0, 0.1) is 6.92 Å². The molecule has 1 heterocycles. The van der Waals surface area contributed by atoms with Crippen molar-refractivity contribution in [1.29, 1.82) is 0 Å². The second kappa shape index (κ2) is 8.88. The summed E-state index contributed by atoms with van der Waals surface area (Å²) in [5.41, 5.74) is 4.08. The fourth-order valence-electron chi connectivity index (χ4n) is 3.08. The minimum absolute atomic E-state index is 0.0821. The normalized spacial score (nSPS) is 10.8. The molecule has 0 aliphatic rings. The van der Waals surface area contributed by atoms with Gasteiger partial charge in [0.25, 0.3) is 0 Å². The molecule has 5 heteroatoms. The lowest BCUT2D eigenvalue weighted by molar-refractivity contribution is 0.102. The lowest BCUT2D eigenvalue weighted by atomic mass is 10.1. The van der Waals surface area contributed by atoms with E-state index in [0.29, 0.717) is 17.7 Å². The number of benzene rings is 3. The molecule has 0 saturated carbocycles. The molecule has 0 unspecified atom stereocenters. The summed E-state index contributed by atoms with van der Waals surface area (Å²) >= 11 is 1.42. The van der Waals surface area contributed by atoms with Crippen LogP contribution in [0.15, 0.2) is 90.1 Å². The fraction of sp³-hybridized carbons (Fsp3) is 0.125. The fourth-order valence-corrected chi connectivity index (χ4v) is 3.94. The Bertz CT molecular complexity index is 1090. The van der Waals surface area contributed by atoms with Gasteiger partial charge in [0.05, 0.1) is 5.75 Å². The molecule has 0 saturated heterocycles. The summed E-state index contributed by atoms with van der Waals surface area (Å²) in [6.07, 6.45) is 0.676. The Kier molecular flexibility index (Phi) is 5.86. The minimum Gasteiger partial charge on any atom is -0.293 e. The summed E-state index contributed by atoms with van der Waals surface area (Å²) in [4.78, 5) is 12.5. The van der Waals surface area contributed by atoms with Gasteiger partial charge in [0.15, 0.2) is 10.9 Å². The van der Waals surface area contributed by atoms with Gasteiger partial charge in [-0.05, 0) is 24.6 Å². The van der Waals surface area contributed by atoms with E-state index in [-0.39, 0.29) is 5.78 Å². The van der Waals surface area contributed by atoms with Gasteiger partial charge in [-0.15, -0.1) is 10.2 Å². The Hall–Kier alpha value is -3.18. The Morgan fingerprint density at radius 1 is 0.862 bits per heavy atom. The maximum absolute atomic E-state index is 12.5. The van der Waals surface area contributed by atoms with Crippen LogP contribution in [0.5, 0.6) is 0 Å². The number of aromatic nitrogens is 3. The summed E-state index contributed by atoms with van der Waals surface area (Å²) in [5.74, 6) is 1.26. The van der Waals surface area contributed by atoms with E-state index in [9.17, 15) is 4.79 Å². The average Bonchev–Trinajstić information content (AvgIpc) is 3.16. The molecule has 0 N–H and O–H groups in total. The molecule has 0 bridgehead atoms. The number of Topliss-reactive ketones (excluding diaryl/α,β-unsaturated/α-hetero) is 1. The van der Waals surface area contributed by atoms with Crippen LogP contribution in [-0.2, 0) is 6.42 Å². The van der Waals surface area contributed by atoms with Crippen LogP contribution in [-0.4, -0.2) is 26.3 Å². The smallest absolute Gasteiger partial charge is 0.196 e. The topological polar surface area (TPSA) is 47.8 Å². The van der Waals surface area contributed by atoms with Crippen molar-refractivity contribution in [3.05, 3.63) is 107 Å². The van der Waals surface area contributed by atoms with Crippen LogP contribution in [0.3, 0.4) is 0 Å². The zero-order valence-electron chi connectivity index (χ0n) is 16.2. The van der Waals surface area contributed by atoms with Crippen LogP contribution in [0.2, 0.25) is 0 Å². The van der Waals surface area contributed by atoms with Gasteiger partial charge in [-0.25, -0.2) is 0 Å². The maximum atomic E-state index is 12.5. The number of aryl methyl sites for hydroxylation is 1. The molecule has 0 amide bonds. The van der Waals surface area contributed by atoms with Crippen molar-refractivity contribution >= 4 is 17.5 Å². The minimum atomic E-state index is 0.0821. The third-order valence-corrected chi connectivity index (χ3v) is 5.55. The number of ketones is 1. The van der Waals surface area contributed by atoms with Crippen molar-refractivity contribution in [2.45, 2.75) is 18.5 Å². The first kappa shape index (κ1) is 19.2. The molecule has 3 aromatic carbocycles. The van der Waals surface area contributed by atoms with E-state index < -0.39 is 0 Å². The molecule has 0 radical (unpaired) electrons. The Morgan fingerprint density at radius 2 is 1.52 bits per heavy atom. The van der Waals surface area contributed by atoms with Crippen molar-refractivity contribution in [3.8, 4) is 5.69 Å². The van der Waals surface area contributed by atoms with Crippen LogP contribution in [0.4, 0.5) is 0 Å². The average molecular weight is 400 g/mol. The number of carbonyl (C=O) groups excluding carboxylic acids is 1. The third kappa shape index (κ3) is 4.63. The maximum Gasteiger partial charge on any atom is 0.196 e. The van der Waals surface area contributed by atoms with Crippen molar-refractivity contribution in [3.63, 3.8) is 0 Å². The molecule has 4 aromatic rings. The van der Waals surface area contributed by atoms with Crippen LogP contribution in [0.1, 0.15) is 27.3 Å². The van der Waals surface area contributed by atoms with Crippen molar-refractivity contribution < 1.29 is 4.79 Å². The Morgan fingerprint density at radius 3 is 2.21 bits per heavy atom. The van der Waals surface area contributed by atoms with Crippen molar-refractivity contribution in [1.82, 2.24) is 14.8 Å². The molecular weight excluding hydrogens is 378 g/mol. The molecule has 29 heavy (non-hydrogen) atoms. The van der Waals surface area contributed by atoms with Crippen LogP contribution in [0.25, 0.3) is 5.69 Å². The van der Waals surface area contributed by atoms with E-state index in [4.69, 9.17) is 0 Å². The van der Waals surface area contributed by atoms with E-state index in [1.54, 1.807) is 0 Å². The van der Waals surface area contributed by atoms with Gasteiger partial charge >= 0.3 is 0 Å². The summed E-state index contributed by atoms with van der Waals surface area (Å²) in [6, 6.07) is 27.9. The molecule has 0 fully saturated rings. The van der Waals surface area contributed by atoms with Crippen molar-refractivity contribution in [2.75, 3.05) is 5.75 Å². The third-order valence-electron chi connectivity index (χ3n) is 4.63. The molecule has 0 aliphatic heterocycles.